The molecule has 0 saturated heterocycles. The number of para-hydroxylation sites is 2. The molecule has 0 spiro atoms. The van der Waals surface area contributed by atoms with Gasteiger partial charge in [0.2, 0.25) is 0 Å². The molecule has 7 nitrogen and oxygen atoms in total. The van der Waals surface area contributed by atoms with E-state index in [4.69, 9.17) is 4.98 Å². The van der Waals surface area contributed by atoms with Gasteiger partial charge in [-0.1, -0.05) is 74.5 Å². The summed E-state index contributed by atoms with van der Waals surface area (Å²) in [7, 11) is 1.95. The molecule has 3 aromatic carbocycles. The highest BCUT2D eigenvalue weighted by Crippen LogP contribution is 2.26. The molecule has 1 atom stereocenters. The molecule has 5 rings (SSSR count). The van der Waals surface area contributed by atoms with Crippen molar-refractivity contribution in [2.75, 3.05) is 0 Å². The van der Waals surface area contributed by atoms with Crippen LogP contribution in [0.15, 0.2) is 83.7 Å². The zero-order chi connectivity index (χ0) is 24.5. The van der Waals surface area contributed by atoms with Crippen LogP contribution in [0, 0.1) is 5.92 Å². The highest BCUT2D eigenvalue weighted by atomic mass is 16.2. The summed E-state index contributed by atoms with van der Waals surface area (Å²) in [6.07, 6.45) is 0. The zero-order valence-electron chi connectivity index (χ0n) is 20.0. The molecule has 0 fully saturated rings. The number of nitrogens with zero attached hydrogens (tertiary/aromatic N) is 4. The number of rotatable bonds is 6. The number of nitrogens with one attached hydrogen (secondary N) is 1. The van der Waals surface area contributed by atoms with Crippen LogP contribution in [0.1, 0.15) is 41.8 Å². The van der Waals surface area contributed by atoms with Gasteiger partial charge < -0.3 is 9.88 Å². The van der Waals surface area contributed by atoms with Gasteiger partial charge in [0.05, 0.1) is 16.4 Å². The van der Waals surface area contributed by atoms with E-state index in [1.165, 1.54) is 4.68 Å². The molecule has 1 N–H and O–H groups in total. The Morgan fingerprint density at radius 2 is 1.57 bits per heavy atom. The second-order valence-corrected chi connectivity index (χ2v) is 9.11. The number of benzene rings is 3. The van der Waals surface area contributed by atoms with Crippen LogP contribution in [0.2, 0.25) is 0 Å². The van der Waals surface area contributed by atoms with Crippen molar-refractivity contribution in [2.24, 2.45) is 13.0 Å². The molecule has 35 heavy (non-hydrogen) atoms. The number of fused-ring (bicyclic) bond motifs is 2. The Kier molecular flexibility index (Phi) is 5.91. The van der Waals surface area contributed by atoms with Gasteiger partial charge in [0, 0.05) is 19.0 Å². The number of aryl methyl sites for hydroxylation is 1. The number of hydrogen-bond donors (Lipinski definition) is 1. The number of carbonyl (C=O) groups is 1. The Hall–Kier alpha value is -4.26. The van der Waals surface area contributed by atoms with E-state index in [1.807, 2.05) is 86.1 Å². The molecule has 1 unspecified atom stereocenters. The lowest BCUT2D eigenvalue weighted by Gasteiger charge is -2.20. The summed E-state index contributed by atoms with van der Waals surface area (Å²) >= 11 is 0. The molecule has 0 aliphatic heterocycles. The minimum atomic E-state index is -0.507. The van der Waals surface area contributed by atoms with Gasteiger partial charge in [0.1, 0.15) is 11.9 Å². The molecule has 5 aromatic rings. The number of hydrogen-bond acceptors (Lipinski definition) is 4. The Morgan fingerprint density at radius 1 is 0.914 bits per heavy atom. The van der Waals surface area contributed by atoms with Gasteiger partial charge in [-0.2, -0.15) is 5.10 Å². The molecule has 7 heteroatoms. The Morgan fingerprint density at radius 3 is 2.29 bits per heavy atom. The molecule has 2 heterocycles. The van der Waals surface area contributed by atoms with E-state index in [0.717, 1.165) is 16.6 Å². The molecule has 1 amide bonds. The average Bonchev–Trinajstić information content (AvgIpc) is 3.20. The normalized spacial score (nSPS) is 12.3. The van der Waals surface area contributed by atoms with Crippen molar-refractivity contribution >= 4 is 27.7 Å². The summed E-state index contributed by atoms with van der Waals surface area (Å²) in [5.74, 6) is 0.555. The van der Waals surface area contributed by atoms with Gasteiger partial charge in [0.15, 0.2) is 5.69 Å². The smallest absolute Gasteiger partial charge is 0.274 e. The summed E-state index contributed by atoms with van der Waals surface area (Å²) in [4.78, 5) is 31.6. The largest absolute Gasteiger partial charge is 0.337 e. The van der Waals surface area contributed by atoms with Crippen LogP contribution >= 0.6 is 0 Å². The van der Waals surface area contributed by atoms with E-state index in [2.05, 4.69) is 10.4 Å². The van der Waals surface area contributed by atoms with Gasteiger partial charge in [-0.25, -0.2) is 9.67 Å². The molecule has 0 saturated carbocycles. The minimum absolute atomic E-state index is 0.194. The third-order valence-corrected chi connectivity index (χ3v) is 6.11. The van der Waals surface area contributed by atoms with Gasteiger partial charge in [-0.15, -0.1) is 0 Å². The lowest BCUT2D eigenvalue weighted by molar-refractivity contribution is 0.0935. The predicted molar refractivity (Wildman–Crippen MR) is 137 cm³/mol. The minimum Gasteiger partial charge on any atom is -0.337 e. The van der Waals surface area contributed by atoms with Crippen molar-refractivity contribution in [3.05, 3.63) is 106 Å². The highest BCUT2D eigenvalue weighted by molar-refractivity contribution is 6.05. The van der Waals surface area contributed by atoms with E-state index in [1.54, 1.807) is 18.2 Å². The maximum absolute atomic E-state index is 13.8. The van der Waals surface area contributed by atoms with Crippen molar-refractivity contribution in [1.82, 2.24) is 24.6 Å². The molecular formula is C28H27N5O2. The summed E-state index contributed by atoms with van der Waals surface area (Å²) in [6, 6.07) is 24.3. The molecule has 0 radical (unpaired) electrons. The quantitative estimate of drug-likeness (QED) is 0.401. The lowest BCUT2D eigenvalue weighted by Crippen LogP contribution is -2.34. The van der Waals surface area contributed by atoms with Gasteiger partial charge in [-0.3, -0.25) is 9.59 Å². The molecule has 0 bridgehead atoms. The topological polar surface area (TPSA) is 81.8 Å². The van der Waals surface area contributed by atoms with Crippen LogP contribution in [0.3, 0.4) is 0 Å². The zero-order valence-corrected chi connectivity index (χ0v) is 20.0. The maximum atomic E-state index is 13.8. The van der Waals surface area contributed by atoms with Crippen LogP contribution in [-0.2, 0) is 13.6 Å². The first-order chi connectivity index (χ1) is 16.9. The number of aromatic nitrogens is 4. The first kappa shape index (κ1) is 22.5. The van der Waals surface area contributed by atoms with Crippen LogP contribution in [0.5, 0.6) is 0 Å². The summed E-state index contributed by atoms with van der Waals surface area (Å²) < 4.78 is 3.40. The number of carbonyl (C=O) groups excluding carboxylic acids is 1. The lowest BCUT2D eigenvalue weighted by atomic mass is 10.1. The fraction of sp³-hybridized carbons (Fsp3) is 0.214. The highest BCUT2D eigenvalue weighted by Gasteiger charge is 2.25. The van der Waals surface area contributed by atoms with Crippen molar-refractivity contribution in [2.45, 2.75) is 26.4 Å². The maximum Gasteiger partial charge on any atom is 0.274 e. The van der Waals surface area contributed by atoms with Gasteiger partial charge >= 0.3 is 0 Å². The van der Waals surface area contributed by atoms with E-state index >= 15 is 0 Å². The summed E-state index contributed by atoms with van der Waals surface area (Å²) in [5, 5.41) is 8.68. The van der Waals surface area contributed by atoms with Crippen LogP contribution in [-0.4, -0.2) is 25.2 Å². The number of amides is 1. The summed E-state index contributed by atoms with van der Waals surface area (Å²) in [5.41, 5.74) is 2.77. The van der Waals surface area contributed by atoms with Crippen LogP contribution in [0.4, 0.5) is 0 Å². The van der Waals surface area contributed by atoms with E-state index < -0.39 is 6.04 Å². The fourth-order valence-corrected chi connectivity index (χ4v) is 4.44. The summed E-state index contributed by atoms with van der Waals surface area (Å²) in [6.45, 7) is 4.46. The van der Waals surface area contributed by atoms with Crippen molar-refractivity contribution in [3.8, 4) is 0 Å². The molecule has 176 valence electrons. The third-order valence-electron chi connectivity index (χ3n) is 6.11. The molecule has 0 aliphatic rings. The Labute approximate surface area is 203 Å². The van der Waals surface area contributed by atoms with Gasteiger partial charge in [-0.05, 0) is 29.7 Å². The first-order valence-electron chi connectivity index (χ1n) is 11.7. The first-order valence-corrected chi connectivity index (χ1v) is 11.7. The van der Waals surface area contributed by atoms with Crippen LogP contribution in [0.25, 0.3) is 21.8 Å². The predicted octanol–water partition coefficient (Wildman–Crippen LogP) is 4.46. The second-order valence-electron chi connectivity index (χ2n) is 9.11. The van der Waals surface area contributed by atoms with E-state index in [0.29, 0.717) is 23.1 Å². The van der Waals surface area contributed by atoms with Crippen molar-refractivity contribution in [1.29, 1.82) is 0 Å². The fourth-order valence-electron chi connectivity index (χ4n) is 4.44. The number of imidazole rings is 1. The monoisotopic (exact) mass is 465 g/mol. The SMILES string of the molecule is CC(C)Cn1nc(C(=O)NC(c2ccccc2)c2nc3ccccc3n2C)c2ccccc2c1=O. The standard InChI is InChI=1S/C28H27N5O2/c1-18(2)17-33-28(35)21-14-8-7-13-20(21)25(31-33)27(34)30-24(19-11-5-4-6-12-19)26-29-22-15-9-10-16-23(22)32(26)3/h4-16,18,24H,17H2,1-3H3,(H,30,34). The van der Waals surface area contributed by atoms with Gasteiger partial charge in [0.25, 0.3) is 11.5 Å². The second kappa shape index (κ2) is 9.18. The van der Waals surface area contributed by atoms with Crippen LogP contribution < -0.4 is 10.9 Å². The molecular weight excluding hydrogens is 438 g/mol. The average molecular weight is 466 g/mol. The Bertz CT molecular complexity index is 1580. The molecule has 2 aromatic heterocycles. The Balaban J connectivity index is 1.63. The molecule has 0 aliphatic carbocycles. The van der Waals surface area contributed by atoms with E-state index in [-0.39, 0.29) is 23.1 Å². The van der Waals surface area contributed by atoms with Crippen molar-refractivity contribution < 1.29 is 4.79 Å². The van der Waals surface area contributed by atoms with Crippen molar-refractivity contribution in [3.63, 3.8) is 0 Å². The van der Waals surface area contributed by atoms with E-state index in [9.17, 15) is 9.59 Å². The third kappa shape index (κ3) is 4.21.